The van der Waals surface area contributed by atoms with Gasteiger partial charge in [-0.15, -0.1) is 0 Å². The van der Waals surface area contributed by atoms with Crippen LogP contribution in [-0.2, 0) is 14.2 Å². The van der Waals surface area contributed by atoms with Gasteiger partial charge in [0, 0.05) is 12.0 Å². The van der Waals surface area contributed by atoms with E-state index in [1.165, 1.54) is 0 Å². The van der Waals surface area contributed by atoms with Crippen LogP contribution in [0.15, 0.2) is 95.9 Å². The van der Waals surface area contributed by atoms with Gasteiger partial charge in [0.2, 0.25) is 0 Å². The number of benzene rings is 3. The van der Waals surface area contributed by atoms with E-state index in [9.17, 15) is 9.59 Å². The first-order valence-corrected chi connectivity index (χ1v) is 13.1. The number of aryl methyl sites for hydroxylation is 2. The van der Waals surface area contributed by atoms with Crippen LogP contribution < -0.4 is 0 Å². The van der Waals surface area contributed by atoms with Crippen molar-refractivity contribution in [2.24, 2.45) is 0 Å². The topological polar surface area (TPSA) is 92.8 Å². The van der Waals surface area contributed by atoms with Crippen LogP contribution in [0.3, 0.4) is 0 Å². The summed E-state index contributed by atoms with van der Waals surface area (Å²) < 4.78 is 25.4. The number of ether oxygens (including phenoxy) is 3. The van der Waals surface area contributed by atoms with E-state index in [2.05, 4.69) is 4.98 Å². The summed E-state index contributed by atoms with van der Waals surface area (Å²) in [5, 5.41) is 0. The summed E-state index contributed by atoms with van der Waals surface area (Å²) in [7, 11) is 0. The molecule has 0 radical (unpaired) electrons. The molecule has 0 N–H and O–H groups in total. The molecular weight excluding hydrogens is 508 g/mol. The van der Waals surface area contributed by atoms with Crippen LogP contribution in [0.1, 0.15) is 44.5 Å². The number of hydrogen-bond acceptors (Lipinski definition) is 7. The fourth-order valence-electron chi connectivity index (χ4n) is 4.89. The number of hydrogen-bond donors (Lipinski definition) is 0. The molecule has 2 aromatic heterocycles. The van der Waals surface area contributed by atoms with Crippen molar-refractivity contribution in [3.63, 3.8) is 0 Å². The molecule has 1 saturated heterocycles. The number of carbonyl (C=O) groups excluding carboxylic acids is 2. The zero-order valence-electron chi connectivity index (χ0n) is 22.2. The Kier molecular flexibility index (Phi) is 6.92. The lowest BCUT2D eigenvalue weighted by atomic mass is 10.1. The Morgan fingerprint density at radius 1 is 0.900 bits per heavy atom. The molecule has 0 unspecified atom stereocenters. The van der Waals surface area contributed by atoms with E-state index in [-0.39, 0.29) is 6.61 Å². The molecule has 3 aromatic carbocycles. The van der Waals surface area contributed by atoms with Gasteiger partial charge in [0.1, 0.15) is 30.8 Å². The highest BCUT2D eigenvalue weighted by atomic mass is 16.6. The van der Waals surface area contributed by atoms with Crippen molar-refractivity contribution in [3.8, 4) is 11.3 Å². The Balaban J connectivity index is 1.25. The summed E-state index contributed by atoms with van der Waals surface area (Å²) in [5.74, 6) is -0.208. The summed E-state index contributed by atoms with van der Waals surface area (Å²) in [5.41, 5.74) is 5.46. The molecule has 3 atom stereocenters. The average Bonchev–Trinajstić information content (AvgIpc) is 3.72. The van der Waals surface area contributed by atoms with Gasteiger partial charge in [0.15, 0.2) is 0 Å². The van der Waals surface area contributed by atoms with E-state index >= 15 is 0 Å². The highest BCUT2D eigenvalue weighted by Crippen LogP contribution is 2.36. The minimum absolute atomic E-state index is 0.0701. The lowest BCUT2D eigenvalue weighted by Gasteiger charge is -2.19. The van der Waals surface area contributed by atoms with E-state index < -0.39 is 30.4 Å². The Morgan fingerprint density at radius 3 is 2.27 bits per heavy atom. The van der Waals surface area contributed by atoms with Gasteiger partial charge in [-0.3, -0.25) is 0 Å². The summed E-state index contributed by atoms with van der Waals surface area (Å²) in [4.78, 5) is 30.4. The maximum Gasteiger partial charge on any atom is 0.338 e. The number of imidazole rings is 1. The molecule has 0 amide bonds. The molecule has 6 rings (SSSR count). The predicted molar refractivity (Wildman–Crippen MR) is 148 cm³/mol. The van der Waals surface area contributed by atoms with Gasteiger partial charge in [-0.1, -0.05) is 41.5 Å². The van der Waals surface area contributed by atoms with E-state index in [1.54, 1.807) is 36.9 Å². The second-order valence-corrected chi connectivity index (χ2v) is 9.94. The van der Waals surface area contributed by atoms with E-state index in [4.69, 9.17) is 18.6 Å². The second kappa shape index (κ2) is 10.8. The molecule has 8 heteroatoms. The van der Waals surface area contributed by atoms with Crippen molar-refractivity contribution < 1.29 is 28.2 Å². The molecule has 3 heterocycles. The third-order valence-electron chi connectivity index (χ3n) is 7.09. The Labute approximate surface area is 231 Å². The van der Waals surface area contributed by atoms with Gasteiger partial charge in [0.05, 0.1) is 34.8 Å². The zero-order valence-corrected chi connectivity index (χ0v) is 22.2. The third kappa shape index (κ3) is 5.13. The molecule has 5 aromatic rings. The first-order valence-electron chi connectivity index (χ1n) is 13.1. The van der Waals surface area contributed by atoms with Gasteiger partial charge in [-0.25, -0.2) is 14.6 Å². The molecule has 0 saturated carbocycles. The maximum atomic E-state index is 13.0. The van der Waals surface area contributed by atoms with E-state index in [0.717, 1.165) is 27.7 Å². The SMILES string of the molecule is Cc1ccc(C(=O)OC[C@H]2O[C@@H](n3cnc4c(-c5ccco5)cccc43)C[C@@H]2OC(=O)c2ccc(C)cc2)cc1. The van der Waals surface area contributed by atoms with Crippen LogP contribution >= 0.6 is 0 Å². The van der Waals surface area contributed by atoms with E-state index in [1.807, 2.05) is 73.0 Å². The number of carbonyl (C=O) groups is 2. The summed E-state index contributed by atoms with van der Waals surface area (Å²) in [6.45, 7) is 3.83. The van der Waals surface area contributed by atoms with E-state index in [0.29, 0.717) is 23.3 Å². The number of rotatable bonds is 7. The quantitative estimate of drug-likeness (QED) is 0.226. The number of furan rings is 1. The number of para-hydroxylation sites is 1. The van der Waals surface area contributed by atoms with Crippen LogP contribution in [0.25, 0.3) is 22.4 Å². The number of aromatic nitrogens is 2. The fourth-order valence-corrected chi connectivity index (χ4v) is 4.89. The highest BCUT2D eigenvalue weighted by molar-refractivity contribution is 5.91. The lowest BCUT2D eigenvalue weighted by Crippen LogP contribution is -2.32. The average molecular weight is 537 g/mol. The summed E-state index contributed by atoms with van der Waals surface area (Å²) in [6.07, 6.45) is 1.90. The van der Waals surface area contributed by atoms with Crippen LogP contribution in [-0.4, -0.2) is 40.3 Å². The van der Waals surface area contributed by atoms with Crippen LogP contribution in [0.2, 0.25) is 0 Å². The Morgan fingerprint density at radius 2 is 1.60 bits per heavy atom. The minimum atomic E-state index is -0.667. The Bertz CT molecular complexity index is 1640. The van der Waals surface area contributed by atoms with Crippen LogP contribution in [0, 0.1) is 13.8 Å². The molecule has 8 nitrogen and oxygen atoms in total. The van der Waals surface area contributed by atoms with Gasteiger partial charge in [-0.2, -0.15) is 0 Å². The normalized spacial score (nSPS) is 18.6. The Hall–Kier alpha value is -4.69. The molecular formula is C32H28N2O6. The first-order chi connectivity index (χ1) is 19.5. The van der Waals surface area contributed by atoms with Gasteiger partial charge in [0.25, 0.3) is 0 Å². The molecule has 0 bridgehead atoms. The number of esters is 2. The van der Waals surface area contributed by atoms with Crippen molar-refractivity contribution in [1.29, 1.82) is 0 Å². The van der Waals surface area contributed by atoms with Gasteiger partial charge in [-0.05, 0) is 62.4 Å². The van der Waals surface area contributed by atoms with Crippen LogP contribution in [0.4, 0.5) is 0 Å². The first kappa shape index (κ1) is 25.6. The largest absolute Gasteiger partial charge is 0.464 e. The van der Waals surface area contributed by atoms with Crippen molar-refractivity contribution in [1.82, 2.24) is 9.55 Å². The van der Waals surface area contributed by atoms with Gasteiger partial charge >= 0.3 is 11.9 Å². The maximum absolute atomic E-state index is 13.0. The third-order valence-corrected chi connectivity index (χ3v) is 7.09. The molecule has 1 aliphatic heterocycles. The highest BCUT2D eigenvalue weighted by Gasteiger charge is 2.40. The predicted octanol–water partition coefficient (Wildman–Crippen LogP) is 6.28. The molecule has 202 valence electrons. The molecule has 0 aliphatic carbocycles. The van der Waals surface area contributed by atoms with Crippen molar-refractivity contribution >= 4 is 23.0 Å². The van der Waals surface area contributed by atoms with Crippen molar-refractivity contribution in [2.75, 3.05) is 6.61 Å². The zero-order chi connectivity index (χ0) is 27.6. The molecule has 1 fully saturated rings. The monoisotopic (exact) mass is 536 g/mol. The minimum Gasteiger partial charge on any atom is -0.464 e. The number of nitrogens with zero attached hydrogens (tertiary/aromatic N) is 2. The smallest absolute Gasteiger partial charge is 0.338 e. The molecule has 1 aliphatic rings. The lowest BCUT2D eigenvalue weighted by molar-refractivity contribution is -0.0562. The van der Waals surface area contributed by atoms with Gasteiger partial charge < -0.3 is 23.2 Å². The van der Waals surface area contributed by atoms with Crippen molar-refractivity contribution in [3.05, 3.63) is 114 Å². The van der Waals surface area contributed by atoms with Crippen molar-refractivity contribution in [2.45, 2.75) is 38.7 Å². The fraction of sp³-hybridized carbons (Fsp3) is 0.219. The standard InChI is InChI=1S/C32H28N2O6/c1-20-8-12-22(13-9-20)31(35)38-18-28-27(40-32(36)23-14-10-21(2)11-15-23)17-29(39-28)34-19-33-30-24(5-3-6-25(30)34)26-7-4-16-37-26/h3-16,19,27-29H,17-18H2,1-2H3/t27-,28+,29+/m0/s1. The van der Waals surface area contributed by atoms with Crippen LogP contribution in [0.5, 0.6) is 0 Å². The number of fused-ring (bicyclic) bond motifs is 1. The molecule has 0 spiro atoms. The second-order valence-electron chi connectivity index (χ2n) is 9.94. The molecule has 40 heavy (non-hydrogen) atoms. The summed E-state index contributed by atoms with van der Waals surface area (Å²) in [6, 6.07) is 23.9. The summed E-state index contributed by atoms with van der Waals surface area (Å²) >= 11 is 0.